The molecule has 26 heavy (non-hydrogen) atoms. The maximum atomic E-state index is 11.7. The molecule has 0 saturated heterocycles. The number of rotatable bonds is 7. The summed E-state index contributed by atoms with van der Waals surface area (Å²) in [5.74, 6) is -0.729. The van der Waals surface area contributed by atoms with Crippen molar-refractivity contribution in [3.8, 4) is 0 Å². The van der Waals surface area contributed by atoms with Crippen molar-refractivity contribution in [1.29, 1.82) is 0 Å². The number of carbonyl (C=O) groups is 2. The maximum absolute atomic E-state index is 11.7. The highest BCUT2D eigenvalue weighted by Gasteiger charge is 2.12. The van der Waals surface area contributed by atoms with E-state index in [1.807, 2.05) is 30.3 Å². The zero-order chi connectivity index (χ0) is 19.1. The second-order valence-electron chi connectivity index (χ2n) is 5.54. The number of benzene rings is 2. The number of methoxy groups -OCH3 is 2. The Morgan fingerprint density at radius 1 is 0.885 bits per heavy atom. The summed E-state index contributed by atoms with van der Waals surface area (Å²) in [5.41, 5.74) is 3.11. The monoisotopic (exact) mass is 483 g/mol. The van der Waals surface area contributed by atoms with Crippen molar-refractivity contribution >= 4 is 43.8 Å². The number of nitrogens with one attached hydrogen (secondary N) is 1. The molecular formula is C19H19Br2NO4. The molecule has 0 fully saturated rings. The van der Waals surface area contributed by atoms with Crippen LogP contribution in [0.15, 0.2) is 45.3 Å². The minimum atomic E-state index is -0.366. The molecule has 1 N–H and O–H groups in total. The second kappa shape index (κ2) is 9.85. The van der Waals surface area contributed by atoms with Crippen molar-refractivity contribution in [2.45, 2.75) is 13.0 Å². The fraction of sp³-hybridized carbons (Fsp3) is 0.263. The Bertz CT molecular complexity index is 808. The molecule has 0 bridgehead atoms. The molecular weight excluding hydrogens is 466 g/mol. The topological polar surface area (TPSA) is 64.6 Å². The van der Waals surface area contributed by atoms with Crippen LogP contribution in [0, 0.1) is 0 Å². The third kappa shape index (κ3) is 5.40. The molecule has 5 nitrogen and oxygen atoms in total. The van der Waals surface area contributed by atoms with Crippen molar-refractivity contribution in [1.82, 2.24) is 5.32 Å². The molecule has 0 aromatic heterocycles. The second-order valence-corrected chi connectivity index (χ2v) is 7.25. The van der Waals surface area contributed by atoms with Gasteiger partial charge in [-0.25, -0.2) is 9.59 Å². The highest BCUT2D eigenvalue weighted by molar-refractivity contribution is 9.10. The Morgan fingerprint density at radius 2 is 1.54 bits per heavy atom. The van der Waals surface area contributed by atoms with Crippen LogP contribution in [0.4, 0.5) is 0 Å². The van der Waals surface area contributed by atoms with Gasteiger partial charge in [-0.05, 0) is 80.2 Å². The normalized spacial score (nSPS) is 10.5. The van der Waals surface area contributed by atoms with E-state index in [0.29, 0.717) is 22.1 Å². The Labute approximate surface area is 169 Å². The highest BCUT2D eigenvalue weighted by atomic mass is 79.9. The average molecular weight is 485 g/mol. The minimum Gasteiger partial charge on any atom is -0.465 e. The number of ether oxygens (including phenoxy) is 2. The summed E-state index contributed by atoms with van der Waals surface area (Å²) in [5, 5.41) is 3.35. The summed E-state index contributed by atoms with van der Waals surface area (Å²) in [6, 6.07) is 11.2. The number of esters is 2. The fourth-order valence-electron chi connectivity index (χ4n) is 2.40. The molecule has 138 valence electrons. The van der Waals surface area contributed by atoms with Gasteiger partial charge in [-0.15, -0.1) is 0 Å². The Balaban J connectivity index is 1.90. The van der Waals surface area contributed by atoms with E-state index in [-0.39, 0.29) is 11.9 Å². The van der Waals surface area contributed by atoms with Gasteiger partial charge < -0.3 is 14.8 Å². The molecule has 0 heterocycles. The van der Waals surface area contributed by atoms with Gasteiger partial charge in [0.25, 0.3) is 0 Å². The molecule has 0 saturated carbocycles. The predicted molar refractivity (Wildman–Crippen MR) is 106 cm³/mol. The van der Waals surface area contributed by atoms with Gasteiger partial charge >= 0.3 is 11.9 Å². The largest absolute Gasteiger partial charge is 0.465 e. The van der Waals surface area contributed by atoms with Crippen LogP contribution in [0.25, 0.3) is 0 Å². The Hall–Kier alpha value is -1.70. The number of carbonyl (C=O) groups excluding carboxylic acids is 2. The van der Waals surface area contributed by atoms with E-state index >= 15 is 0 Å². The van der Waals surface area contributed by atoms with Gasteiger partial charge in [0.1, 0.15) is 0 Å². The molecule has 2 aromatic rings. The van der Waals surface area contributed by atoms with Crippen LogP contribution >= 0.6 is 31.9 Å². The summed E-state index contributed by atoms with van der Waals surface area (Å²) in [7, 11) is 2.73. The molecule has 0 atom stereocenters. The van der Waals surface area contributed by atoms with Crippen LogP contribution in [0.2, 0.25) is 0 Å². The van der Waals surface area contributed by atoms with Gasteiger partial charge in [0.15, 0.2) is 0 Å². The summed E-state index contributed by atoms with van der Waals surface area (Å²) in [6.45, 7) is 1.40. The van der Waals surface area contributed by atoms with Gasteiger partial charge in [0.2, 0.25) is 0 Å². The molecule has 0 spiro atoms. The van der Waals surface area contributed by atoms with Crippen LogP contribution in [-0.4, -0.2) is 32.7 Å². The zero-order valence-corrected chi connectivity index (χ0v) is 17.6. The Morgan fingerprint density at radius 3 is 2.19 bits per heavy atom. The van der Waals surface area contributed by atoms with Crippen molar-refractivity contribution in [3.63, 3.8) is 0 Å². The average Bonchev–Trinajstić information content (AvgIpc) is 2.65. The van der Waals surface area contributed by atoms with Gasteiger partial charge in [0.05, 0.1) is 25.3 Å². The molecule has 0 aliphatic rings. The SMILES string of the molecule is COC(=O)c1ccc(CCNCc2ccc(Br)c(C(=O)OC)c2)cc1Br. The van der Waals surface area contributed by atoms with Crippen LogP contribution in [-0.2, 0) is 22.4 Å². The van der Waals surface area contributed by atoms with Gasteiger partial charge in [-0.2, -0.15) is 0 Å². The molecule has 7 heteroatoms. The van der Waals surface area contributed by atoms with E-state index in [0.717, 1.165) is 28.6 Å². The minimum absolute atomic E-state index is 0.363. The molecule has 0 amide bonds. The summed E-state index contributed by atoms with van der Waals surface area (Å²) >= 11 is 6.75. The molecule has 0 unspecified atom stereocenters. The number of hydrogen-bond acceptors (Lipinski definition) is 5. The van der Waals surface area contributed by atoms with Crippen molar-refractivity contribution < 1.29 is 19.1 Å². The number of hydrogen-bond donors (Lipinski definition) is 1. The van der Waals surface area contributed by atoms with Crippen LogP contribution < -0.4 is 5.32 Å². The molecule has 0 radical (unpaired) electrons. The van der Waals surface area contributed by atoms with E-state index in [1.165, 1.54) is 14.2 Å². The van der Waals surface area contributed by atoms with Gasteiger partial charge in [-0.1, -0.05) is 12.1 Å². The molecule has 2 aromatic carbocycles. The van der Waals surface area contributed by atoms with Crippen molar-refractivity contribution in [2.24, 2.45) is 0 Å². The van der Waals surface area contributed by atoms with Gasteiger partial charge in [0, 0.05) is 15.5 Å². The number of halogens is 2. The van der Waals surface area contributed by atoms with Crippen LogP contribution in [0.3, 0.4) is 0 Å². The first-order chi connectivity index (χ1) is 12.5. The smallest absolute Gasteiger partial charge is 0.339 e. The van der Waals surface area contributed by atoms with E-state index < -0.39 is 0 Å². The van der Waals surface area contributed by atoms with Crippen molar-refractivity contribution in [2.75, 3.05) is 20.8 Å². The standard InChI is InChI=1S/C19H19Br2NO4/c1-25-18(23)14-5-3-12(10-17(14)21)7-8-22-11-13-4-6-16(20)15(9-13)19(24)26-2/h3-6,9-10,22H,7-8,11H2,1-2H3. The quantitative estimate of drug-likeness (QED) is 0.473. The first-order valence-electron chi connectivity index (χ1n) is 7.90. The first-order valence-corrected chi connectivity index (χ1v) is 9.49. The van der Waals surface area contributed by atoms with Crippen LogP contribution in [0.1, 0.15) is 31.8 Å². The van der Waals surface area contributed by atoms with E-state index in [1.54, 1.807) is 6.07 Å². The summed E-state index contributed by atoms with van der Waals surface area (Å²) in [6.07, 6.45) is 0.806. The summed E-state index contributed by atoms with van der Waals surface area (Å²) < 4.78 is 10.9. The predicted octanol–water partition coefficient (Wildman–Crippen LogP) is 4.12. The molecule has 0 aliphatic heterocycles. The lowest BCUT2D eigenvalue weighted by Crippen LogP contribution is -2.17. The summed E-state index contributed by atoms with van der Waals surface area (Å²) in [4.78, 5) is 23.3. The maximum Gasteiger partial charge on any atom is 0.339 e. The van der Waals surface area contributed by atoms with E-state index in [2.05, 4.69) is 37.2 Å². The molecule has 0 aliphatic carbocycles. The third-order valence-corrected chi connectivity index (χ3v) is 5.14. The third-order valence-electron chi connectivity index (χ3n) is 3.79. The van der Waals surface area contributed by atoms with Crippen molar-refractivity contribution in [3.05, 3.63) is 67.6 Å². The first kappa shape index (κ1) is 20.6. The molecule has 2 rings (SSSR count). The fourth-order valence-corrected chi connectivity index (χ4v) is 3.40. The van der Waals surface area contributed by atoms with Crippen LogP contribution in [0.5, 0.6) is 0 Å². The lowest BCUT2D eigenvalue weighted by atomic mass is 10.1. The zero-order valence-electron chi connectivity index (χ0n) is 14.5. The lowest BCUT2D eigenvalue weighted by molar-refractivity contribution is 0.0590. The highest BCUT2D eigenvalue weighted by Crippen LogP contribution is 2.20. The van der Waals surface area contributed by atoms with E-state index in [4.69, 9.17) is 9.47 Å². The van der Waals surface area contributed by atoms with E-state index in [9.17, 15) is 9.59 Å². The Kier molecular flexibility index (Phi) is 7.81. The lowest BCUT2D eigenvalue weighted by Gasteiger charge is -2.09. The van der Waals surface area contributed by atoms with Gasteiger partial charge in [-0.3, -0.25) is 0 Å².